The van der Waals surface area contributed by atoms with Crippen molar-refractivity contribution >= 4 is 28.6 Å². The van der Waals surface area contributed by atoms with Gasteiger partial charge in [-0.05, 0) is 60.4 Å². The summed E-state index contributed by atoms with van der Waals surface area (Å²) in [6.45, 7) is 0. The Morgan fingerprint density at radius 2 is 1.88 bits per heavy atom. The molecule has 3 aromatic rings. The number of rotatable bonds is 2. The van der Waals surface area contributed by atoms with E-state index in [-0.39, 0.29) is 22.2 Å². The summed E-state index contributed by atoms with van der Waals surface area (Å²) in [6.07, 6.45) is 3.07. The molecule has 0 bridgehead atoms. The Morgan fingerprint density at radius 3 is 2.60 bits per heavy atom. The lowest BCUT2D eigenvalue weighted by Crippen LogP contribution is -2.09. The molecule has 0 saturated heterocycles. The molecule has 25 heavy (non-hydrogen) atoms. The zero-order chi connectivity index (χ0) is 17.6. The van der Waals surface area contributed by atoms with Crippen LogP contribution in [0, 0.1) is 5.82 Å². The van der Waals surface area contributed by atoms with Crippen LogP contribution in [-0.4, -0.2) is 11.1 Å². The van der Waals surface area contributed by atoms with Crippen LogP contribution in [0.3, 0.4) is 0 Å². The van der Waals surface area contributed by atoms with E-state index in [1.807, 2.05) is 6.08 Å². The highest BCUT2D eigenvalue weighted by atomic mass is 19.1. The van der Waals surface area contributed by atoms with Crippen molar-refractivity contribution in [2.45, 2.75) is 12.8 Å². The molecule has 0 amide bonds. The van der Waals surface area contributed by atoms with Gasteiger partial charge < -0.3 is 9.52 Å². The number of carboxylic acids is 1. The minimum absolute atomic E-state index is 0.0554. The van der Waals surface area contributed by atoms with Crippen LogP contribution in [-0.2, 0) is 6.42 Å². The molecule has 0 saturated carbocycles. The van der Waals surface area contributed by atoms with E-state index in [0.29, 0.717) is 29.7 Å². The van der Waals surface area contributed by atoms with Crippen LogP contribution < -0.4 is 5.43 Å². The highest BCUT2D eigenvalue weighted by Gasteiger charge is 2.24. The zero-order valence-electron chi connectivity index (χ0n) is 13.1. The summed E-state index contributed by atoms with van der Waals surface area (Å²) in [7, 11) is 0. The summed E-state index contributed by atoms with van der Waals surface area (Å²) >= 11 is 0. The summed E-state index contributed by atoms with van der Waals surface area (Å²) < 4.78 is 18.9. The minimum Gasteiger partial charge on any atom is -0.478 e. The molecule has 4 nitrogen and oxygen atoms in total. The maximum absolute atomic E-state index is 13.0. The average Bonchev–Trinajstić information content (AvgIpc) is 3.00. The van der Waals surface area contributed by atoms with Gasteiger partial charge in [0.25, 0.3) is 0 Å². The van der Waals surface area contributed by atoms with Crippen molar-refractivity contribution in [2.75, 3.05) is 0 Å². The normalized spacial score (nSPS) is 14.8. The molecule has 0 spiro atoms. The van der Waals surface area contributed by atoms with Crippen molar-refractivity contribution in [1.82, 2.24) is 0 Å². The first-order valence-corrected chi connectivity index (χ1v) is 7.82. The molecule has 4 rings (SSSR count). The van der Waals surface area contributed by atoms with Gasteiger partial charge in [-0.3, -0.25) is 4.79 Å². The van der Waals surface area contributed by atoms with Crippen LogP contribution in [0.25, 0.3) is 22.6 Å². The van der Waals surface area contributed by atoms with E-state index < -0.39 is 5.97 Å². The van der Waals surface area contributed by atoms with Gasteiger partial charge in [0.05, 0.1) is 10.9 Å². The molecule has 1 N–H and O–H groups in total. The molecule has 0 unspecified atom stereocenters. The Kier molecular flexibility index (Phi) is 3.50. The molecule has 124 valence electrons. The van der Waals surface area contributed by atoms with E-state index in [1.54, 1.807) is 12.1 Å². The van der Waals surface area contributed by atoms with Crippen molar-refractivity contribution in [1.29, 1.82) is 0 Å². The molecule has 1 aliphatic carbocycles. The predicted octanol–water partition coefficient (Wildman–Crippen LogP) is 4.12. The van der Waals surface area contributed by atoms with Gasteiger partial charge in [0.15, 0.2) is 5.43 Å². The molecular weight excluding hydrogens is 323 g/mol. The van der Waals surface area contributed by atoms with E-state index in [4.69, 9.17) is 9.52 Å². The maximum atomic E-state index is 13.0. The van der Waals surface area contributed by atoms with E-state index in [2.05, 4.69) is 0 Å². The first-order valence-electron chi connectivity index (χ1n) is 7.82. The van der Waals surface area contributed by atoms with E-state index >= 15 is 0 Å². The standard InChI is InChI=1S/C20H13FO4/c21-14-5-1-11(2-6-14)9-12-3-7-15-18(22)16-10-13(20(23)24)4-8-17(16)25-19(12)15/h1-2,4-6,8-10H,3,7H2,(H,23,24). The van der Waals surface area contributed by atoms with Gasteiger partial charge in [-0.25, -0.2) is 9.18 Å². The Balaban J connectivity index is 1.87. The number of halogens is 1. The second-order valence-electron chi connectivity index (χ2n) is 5.98. The number of aromatic carboxylic acids is 1. The van der Waals surface area contributed by atoms with E-state index in [9.17, 15) is 14.0 Å². The Bertz CT molecular complexity index is 1090. The van der Waals surface area contributed by atoms with Crippen molar-refractivity contribution in [3.8, 4) is 0 Å². The number of hydrogen-bond acceptors (Lipinski definition) is 3. The van der Waals surface area contributed by atoms with Gasteiger partial charge in [-0.1, -0.05) is 12.1 Å². The number of carbonyl (C=O) groups is 1. The molecule has 0 radical (unpaired) electrons. The van der Waals surface area contributed by atoms with Crippen LogP contribution in [0.5, 0.6) is 0 Å². The van der Waals surface area contributed by atoms with E-state index in [1.165, 1.54) is 30.3 Å². The number of benzene rings is 2. The van der Waals surface area contributed by atoms with Crippen molar-refractivity contribution in [3.05, 3.63) is 81.0 Å². The SMILES string of the molecule is O=C(O)c1ccc2oc3c(c(=O)c2c1)CCC3=Cc1ccc(F)cc1. The summed E-state index contributed by atoms with van der Waals surface area (Å²) in [6, 6.07) is 10.4. The van der Waals surface area contributed by atoms with Gasteiger partial charge in [0, 0.05) is 5.56 Å². The van der Waals surface area contributed by atoms with E-state index in [0.717, 1.165) is 11.1 Å². The van der Waals surface area contributed by atoms with Gasteiger partial charge in [-0.2, -0.15) is 0 Å². The summed E-state index contributed by atoms with van der Waals surface area (Å²) in [5.41, 5.74) is 2.49. The van der Waals surface area contributed by atoms with Crippen LogP contribution in [0.1, 0.15) is 33.7 Å². The lowest BCUT2D eigenvalue weighted by atomic mass is 10.1. The molecule has 0 aliphatic heterocycles. The van der Waals surface area contributed by atoms with Crippen LogP contribution in [0.4, 0.5) is 4.39 Å². The number of hydrogen-bond donors (Lipinski definition) is 1. The molecule has 1 aliphatic rings. The van der Waals surface area contributed by atoms with Crippen LogP contribution >= 0.6 is 0 Å². The van der Waals surface area contributed by atoms with Crippen molar-refractivity contribution in [2.24, 2.45) is 0 Å². The highest BCUT2D eigenvalue weighted by molar-refractivity contribution is 5.94. The first-order chi connectivity index (χ1) is 12.0. The summed E-state index contributed by atoms with van der Waals surface area (Å²) in [4.78, 5) is 23.8. The molecule has 2 aromatic carbocycles. The Hall–Kier alpha value is -3.21. The van der Waals surface area contributed by atoms with Crippen molar-refractivity contribution < 1.29 is 18.7 Å². The van der Waals surface area contributed by atoms with Crippen molar-refractivity contribution in [3.63, 3.8) is 0 Å². The number of allylic oxidation sites excluding steroid dienone is 1. The third-order valence-electron chi connectivity index (χ3n) is 4.38. The minimum atomic E-state index is -1.08. The predicted molar refractivity (Wildman–Crippen MR) is 92.0 cm³/mol. The molecule has 0 fully saturated rings. The molecule has 0 atom stereocenters. The fraction of sp³-hybridized carbons (Fsp3) is 0.100. The molecule has 1 heterocycles. The van der Waals surface area contributed by atoms with Gasteiger partial charge >= 0.3 is 5.97 Å². The molecule has 5 heteroatoms. The largest absolute Gasteiger partial charge is 0.478 e. The average molecular weight is 336 g/mol. The third-order valence-corrected chi connectivity index (χ3v) is 4.38. The zero-order valence-corrected chi connectivity index (χ0v) is 13.1. The summed E-state index contributed by atoms with van der Waals surface area (Å²) in [5.74, 6) is -0.857. The first kappa shape index (κ1) is 15.3. The quantitative estimate of drug-likeness (QED) is 0.764. The molecular formula is C20H13FO4. The smallest absolute Gasteiger partial charge is 0.335 e. The van der Waals surface area contributed by atoms with Crippen LogP contribution in [0.2, 0.25) is 0 Å². The second kappa shape index (κ2) is 5.70. The Morgan fingerprint density at radius 1 is 1.12 bits per heavy atom. The number of carboxylic acid groups (broad SMARTS) is 1. The Labute approximate surface area is 141 Å². The fourth-order valence-corrected chi connectivity index (χ4v) is 3.12. The van der Waals surface area contributed by atoms with Gasteiger partial charge in [0.1, 0.15) is 17.2 Å². The van der Waals surface area contributed by atoms with Crippen LogP contribution in [0.15, 0.2) is 51.7 Å². The number of fused-ring (bicyclic) bond motifs is 2. The lowest BCUT2D eigenvalue weighted by molar-refractivity contribution is 0.0697. The summed E-state index contributed by atoms with van der Waals surface area (Å²) in [5, 5.41) is 9.37. The topological polar surface area (TPSA) is 67.5 Å². The monoisotopic (exact) mass is 336 g/mol. The third kappa shape index (κ3) is 2.63. The second-order valence-corrected chi connectivity index (χ2v) is 5.98. The van der Waals surface area contributed by atoms with Gasteiger partial charge in [0.2, 0.25) is 0 Å². The molecule has 1 aromatic heterocycles. The lowest BCUT2D eigenvalue weighted by Gasteiger charge is -2.05. The fourth-order valence-electron chi connectivity index (χ4n) is 3.12. The maximum Gasteiger partial charge on any atom is 0.335 e. The van der Waals surface area contributed by atoms with Gasteiger partial charge in [-0.15, -0.1) is 0 Å². The highest BCUT2D eigenvalue weighted by Crippen LogP contribution is 2.34.